The summed E-state index contributed by atoms with van der Waals surface area (Å²) in [5, 5.41) is 7.28. The van der Waals surface area contributed by atoms with Gasteiger partial charge >= 0.3 is 0 Å². The number of aromatic nitrogens is 2. The topological polar surface area (TPSA) is 90.1 Å². The summed E-state index contributed by atoms with van der Waals surface area (Å²) in [7, 11) is 1.77. The third-order valence-electron chi connectivity index (χ3n) is 8.02. The van der Waals surface area contributed by atoms with Crippen LogP contribution >= 0.6 is 0 Å². The zero-order valence-corrected chi connectivity index (χ0v) is 21.3. The van der Waals surface area contributed by atoms with Crippen molar-refractivity contribution in [3.05, 3.63) is 54.2 Å². The van der Waals surface area contributed by atoms with Crippen LogP contribution in [-0.4, -0.2) is 52.4 Å². The number of H-pyrrole nitrogens is 1. The van der Waals surface area contributed by atoms with Crippen molar-refractivity contribution in [1.29, 1.82) is 0 Å². The van der Waals surface area contributed by atoms with E-state index in [0.717, 1.165) is 66.4 Å². The van der Waals surface area contributed by atoms with Crippen LogP contribution in [0.25, 0.3) is 22.3 Å². The van der Waals surface area contributed by atoms with E-state index in [1.807, 2.05) is 36.2 Å². The Kier molecular flexibility index (Phi) is 7.37. The van der Waals surface area contributed by atoms with Gasteiger partial charge < -0.3 is 20.5 Å². The van der Waals surface area contributed by atoms with Gasteiger partial charge in [0.25, 0.3) is 0 Å². The van der Waals surface area contributed by atoms with Gasteiger partial charge in [0.2, 0.25) is 11.8 Å². The number of carbonyl (C=O) groups excluding carboxylic acids is 2. The van der Waals surface area contributed by atoms with E-state index >= 15 is 0 Å². The molecule has 2 amide bonds. The minimum atomic E-state index is -0.468. The molecule has 2 aromatic heterocycles. The fraction of sp³-hybridized carbons (Fsp3) is 0.483. The van der Waals surface area contributed by atoms with Crippen molar-refractivity contribution in [2.75, 3.05) is 13.6 Å². The Morgan fingerprint density at radius 2 is 1.86 bits per heavy atom. The van der Waals surface area contributed by atoms with Gasteiger partial charge in [0, 0.05) is 23.6 Å². The second-order valence-electron chi connectivity index (χ2n) is 10.3. The molecule has 1 saturated heterocycles. The quantitative estimate of drug-likeness (QED) is 0.456. The Morgan fingerprint density at radius 3 is 2.64 bits per heavy atom. The Morgan fingerprint density at radius 1 is 1.06 bits per heavy atom. The number of likely N-dealkylation sites (tertiary alicyclic amines) is 1. The summed E-state index contributed by atoms with van der Waals surface area (Å²) in [4.78, 5) is 36.9. The third kappa shape index (κ3) is 5.03. The molecule has 0 radical (unpaired) electrons. The van der Waals surface area contributed by atoms with Crippen LogP contribution in [0, 0.1) is 5.92 Å². The molecule has 3 atom stereocenters. The lowest BCUT2D eigenvalue weighted by atomic mass is 9.83. The molecular weight excluding hydrogens is 450 g/mol. The van der Waals surface area contributed by atoms with Crippen LogP contribution in [0.3, 0.4) is 0 Å². The number of nitrogens with zero attached hydrogens (tertiary/aromatic N) is 2. The average molecular weight is 488 g/mol. The molecule has 5 rings (SSSR count). The number of pyridine rings is 1. The van der Waals surface area contributed by atoms with Gasteiger partial charge in [0.05, 0.1) is 23.5 Å². The van der Waals surface area contributed by atoms with Crippen molar-refractivity contribution < 1.29 is 9.59 Å². The van der Waals surface area contributed by atoms with Gasteiger partial charge in [-0.25, -0.2) is 0 Å². The number of amides is 2. The molecule has 0 bridgehead atoms. The predicted octanol–water partition coefficient (Wildman–Crippen LogP) is 4.57. The lowest BCUT2D eigenvalue weighted by Gasteiger charge is -2.35. The summed E-state index contributed by atoms with van der Waals surface area (Å²) >= 11 is 0. The minimum Gasteiger partial charge on any atom is -0.353 e. The van der Waals surface area contributed by atoms with Gasteiger partial charge in [0.1, 0.15) is 6.04 Å². The number of hydrogen-bond donors (Lipinski definition) is 3. The second kappa shape index (κ2) is 10.8. The van der Waals surface area contributed by atoms with Gasteiger partial charge in [-0.3, -0.25) is 14.6 Å². The molecule has 0 spiro atoms. The van der Waals surface area contributed by atoms with E-state index in [4.69, 9.17) is 0 Å². The van der Waals surface area contributed by atoms with Crippen molar-refractivity contribution in [2.45, 2.75) is 70.0 Å². The first kappa shape index (κ1) is 24.5. The Balaban J connectivity index is 1.40. The fourth-order valence-electron chi connectivity index (χ4n) is 5.83. The summed E-state index contributed by atoms with van der Waals surface area (Å²) in [6, 6.07) is 13.7. The smallest absolute Gasteiger partial charge is 0.245 e. The van der Waals surface area contributed by atoms with Crippen LogP contribution < -0.4 is 10.6 Å². The molecule has 2 fully saturated rings. The second-order valence-corrected chi connectivity index (χ2v) is 10.3. The number of para-hydroxylation sites is 1. The highest BCUT2D eigenvalue weighted by atomic mass is 16.2. The van der Waals surface area contributed by atoms with E-state index < -0.39 is 6.04 Å². The molecule has 2 unspecified atom stereocenters. The molecule has 1 aliphatic carbocycles. The fourth-order valence-corrected chi connectivity index (χ4v) is 5.83. The lowest BCUT2D eigenvalue weighted by Crippen LogP contribution is -2.55. The molecular formula is C29H37N5O2. The van der Waals surface area contributed by atoms with Crippen LogP contribution in [-0.2, 0) is 9.59 Å². The zero-order chi connectivity index (χ0) is 25.1. The molecule has 1 aromatic carbocycles. The van der Waals surface area contributed by atoms with E-state index in [9.17, 15) is 9.59 Å². The normalized spacial score (nSPS) is 20.4. The van der Waals surface area contributed by atoms with Gasteiger partial charge in [-0.05, 0) is 75.4 Å². The number of aromatic amines is 1. The molecule has 1 aliphatic heterocycles. The number of rotatable bonds is 7. The third-order valence-corrected chi connectivity index (χ3v) is 8.02. The van der Waals surface area contributed by atoms with Gasteiger partial charge in [0.15, 0.2) is 0 Å². The maximum Gasteiger partial charge on any atom is 0.245 e. The molecule has 7 nitrogen and oxygen atoms in total. The Labute approximate surface area is 213 Å². The summed E-state index contributed by atoms with van der Waals surface area (Å²) in [6.07, 6.45) is 9.13. The van der Waals surface area contributed by atoms with Crippen LogP contribution in [0.4, 0.5) is 0 Å². The van der Waals surface area contributed by atoms with Gasteiger partial charge in [-0.1, -0.05) is 37.5 Å². The minimum absolute atomic E-state index is 0.00616. The average Bonchev–Trinajstić information content (AvgIpc) is 3.59. The number of hydrogen-bond acceptors (Lipinski definition) is 4. The SMILES string of the molecule is CNC(C)C(=O)N[C@H](C(=O)N1CCCC1c1ccnc(-c2cc3ccccc3[nH]2)c1)C1CCCCC1. The van der Waals surface area contributed by atoms with Crippen LogP contribution in [0.15, 0.2) is 48.7 Å². The molecule has 1 saturated carbocycles. The number of fused-ring (bicyclic) bond motifs is 1. The largest absolute Gasteiger partial charge is 0.353 e. The summed E-state index contributed by atoms with van der Waals surface area (Å²) in [6.45, 7) is 2.55. The van der Waals surface area contributed by atoms with E-state index in [-0.39, 0.29) is 29.8 Å². The van der Waals surface area contributed by atoms with E-state index in [2.05, 4.69) is 44.9 Å². The molecule has 3 aromatic rings. The van der Waals surface area contributed by atoms with Crippen molar-refractivity contribution in [3.63, 3.8) is 0 Å². The first-order valence-corrected chi connectivity index (χ1v) is 13.4. The summed E-state index contributed by atoms with van der Waals surface area (Å²) in [5.41, 5.74) is 4.03. The molecule has 7 heteroatoms. The molecule has 36 heavy (non-hydrogen) atoms. The molecule has 2 aliphatic rings. The summed E-state index contributed by atoms with van der Waals surface area (Å²) in [5.74, 6) is 0.145. The first-order valence-electron chi connectivity index (χ1n) is 13.4. The van der Waals surface area contributed by atoms with E-state index in [1.165, 1.54) is 6.42 Å². The molecule has 3 heterocycles. The summed E-state index contributed by atoms with van der Waals surface area (Å²) < 4.78 is 0. The van der Waals surface area contributed by atoms with Crippen molar-refractivity contribution in [2.24, 2.45) is 5.92 Å². The first-order chi connectivity index (χ1) is 17.5. The van der Waals surface area contributed by atoms with Crippen LogP contribution in [0.2, 0.25) is 0 Å². The van der Waals surface area contributed by atoms with Gasteiger partial charge in [-0.15, -0.1) is 0 Å². The number of likely N-dealkylation sites (N-methyl/N-ethyl adjacent to an activating group) is 1. The highest BCUT2D eigenvalue weighted by Gasteiger charge is 2.39. The zero-order valence-electron chi connectivity index (χ0n) is 21.3. The lowest BCUT2D eigenvalue weighted by molar-refractivity contribution is -0.139. The number of nitrogens with one attached hydrogen (secondary N) is 3. The van der Waals surface area contributed by atoms with Crippen molar-refractivity contribution >= 4 is 22.7 Å². The Hall–Kier alpha value is -3.19. The van der Waals surface area contributed by atoms with E-state index in [1.54, 1.807) is 7.05 Å². The van der Waals surface area contributed by atoms with Crippen LogP contribution in [0.1, 0.15) is 63.5 Å². The number of benzene rings is 1. The van der Waals surface area contributed by atoms with E-state index in [0.29, 0.717) is 6.54 Å². The maximum absolute atomic E-state index is 14.0. The molecule has 190 valence electrons. The highest BCUT2D eigenvalue weighted by Crippen LogP contribution is 2.36. The van der Waals surface area contributed by atoms with Crippen molar-refractivity contribution in [1.82, 2.24) is 25.5 Å². The van der Waals surface area contributed by atoms with Gasteiger partial charge in [-0.2, -0.15) is 0 Å². The number of carbonyl (C=O) groups is 2. The monoisotopic (exact) mass is 487 g/mol. The maximum atomic E-state index is 14.0. The highest BCUT2D eigenvalue weighted by molar-refractivity contribution is 5.90. The van der Waals surface area contributed by atoms with Crippen molar-refractivity contribution in [3.8, 4) is 11.4 Å². The Bertz CT molecular complexity index is 1180. The molecule has 3 N–H and O–H groups in total. The standard InChI is InChI=1S/C29H37N5O2/c1-19(30-2)28(35)33-27(20-9-4-3-5-10-20)29(36)34-16-8-13-26(34)22-14-15-31-24(18-22)25-17-21-11-6-7-12-23(21)32-25/h6-7,11-12,14-15,17-20,26-27,30,32H,3-5,8-10,13,16H2,1-2H3,(H,33,35)/t19?,26?,27-/m0/s1. The predicted molar refractivity (Wildman–Crippen MR) is 142 cm³/mol. The van der Waals surface area contributed by atoms with Crippen LogP contribution in [0.5, 0.6) is 0 Å².